The van der Waals surface area contributed by atoms with Gasteiger partial charge in [-0.15, -0.1) is 0 Å². The van der Waals surface area contributed by atoms with Crippen LogP contribution in [0.1, 0.15) is 52.2 Å². The molecule has 1 aromatic carbocycles. The number of nitrogens with zero attached hydrogens (tertiary/aromatic N) is 4. The molecule has 0 amide bonds. The van der Waals surface area contributed by atoms with Gasteiger partial charge in [0.05, 0.1) is 11.9 Å². The fraction of sp³-hybridized carbons (Fsp3) is 0.500. The Morgan fingerprint density at radius 2 is 1.80 bits per heavy atom. The maximum absolute atomic E-state index is 4.69. The molecule has 25 heavy (non-hydrogen) atoms. The van der Waals surface area contributed by atoms with Crippen LogP contribution in [0.2, 0.25) is 0 Å². The van der Waals surface area contributed by atoms with Gasteiger partial charge in [-0.3, -0.25) is 0 Å². The van der Waals surface area contributed by atoms with E-state index in [4.69, 9.17) is 0 Å². The third kappa shape index (κ3) is 3.86. The number of aryl methyl sites for hydroxylation is 2. The fourth-order valence-corrected chi connectivity index (χ4v) is 3.76. The molecular formula is C20H29N5. The Morgan fingerprint density at radius 1 is 1.08 bits per heavy atom. The molecule has 3 aromatic rings. The summed E-state index contributed by atoms with van der Waals surface area (Å²) in [5.41, 5.74) is 8.34. The monoisotopic (exact) mass is 339 g/mol. The third-order valence-electron chi connectivity index (χ3n) is 4.23. The molecule has 0 radical (unpaired) electrons. The van der Waals surface area contributed by atoms with Gasteiger partial charge >= 0.3 is 0 Å². The molecule has 3 rings (SSSR count). The van der Waals surface area contributed by atoms with Crippen molar-refractivity contribution < 1.29 is 0 Å². The molecule has 2 aromatic heterocycles. The van der Waals surface area contributed by atoms with Gasteiger partial charge in [0.25, 0.3) is 5.78 Å². The SMILES string of the molecule is Cc1ccc(-c2cn3c(ncn3NC(C)(C)CC(C)(C)C)n2)c(C)c1. The Kier molecular flexibility index (Phi) is 4.13. The molecule has 134 valence electrons. The summed E-state index contributed by atoms with van der Waals surface area (Å²) < 4.78 is 1.97. The summed E-state index contributed by atoms with van der Waals surface area (Å²) in [6, 6.07) is 6.44. The molecule has 0 atom stereocenters. The van der Waals surface area contributed by atoms with Gasteiger partial charge in [-0.05, 0) is 45.1 Å². The molecular weight excluding hydrogens is 310 g/mol. The maximum Gasteiger partial charge on any atom is 0.252 e. The van der Waals surface area contributed by atoms with Crippen molar-refractivity contribution in [3.8, 4) is 11.3 Å². The smallest absolute Gasteiger partial charge is 0.252 e. The number of imidazole rings is 1. The largest absolute Gasteiger partial charge is 0.304 e. The van der Waals surface area contributed by atoms with Crippen molar-refractivity contribution in [2.24, 2.45) is 5.41 Å². The van der Waals surface area contributed by atoms with E-state index >= 15 is 0 Å². The minimum atomic E-state index is -0.0594. The minimum Gasteiger partial charge on any atom is -0.304 e. The summed E-state index contributed by atoms with van der Waals surface area (Å²) in [7, 11) is 0. The van der Waals surface area contributed by atoms with E-state index in [0.29, 0.717) is 5.78 Å². The van der Waals surface area contributed by atoms with E-state index in [1.54, 1.807) is 6.33 Å². The Labute approximate surface area is 150 Å². The van der Waals surface area contributed by atoms with E-state index in [1.807, 2.05) is 15.5 Å². The Bertz CT molecular complexity index is 893. The van der Waals surface area contributed by atoms with E-state index in [1.165, 1.54) is 11.1 Å². The highest BCUT2D eigenvalue weighted by Gasteiger charge is 2.26. The van der Waals surface area contributed by atoms with Gasteiger partial charge < -0.3 is 5.43 Å². The van der Waals surface area contributed by atoms with Crippen LogP contribution >= 0.6 is 0 Å². The first-order valence-electron chi connectivity index (χ1n) is 8.83. The van der Waals surface area contributed by atoms with Crippen LogP contribution in [0.15, 0.2) is 30.7 Å². The van der Waals surface area contributed by atoms with Gasteiger partial charge in [0.1, 0.15) is 6.33 Å². The van der Waals surface area contributed by atoms with Crippen LogP contribution in [-0.4, -0.2) is 24.8 Å². The Morgan fingerprint density at radius 3 is 2.44 bits per heavy atom. The third-order valence-corrected chi connectivity index (χ3v) is 4.23. The number of benzene rings is 1. The quantitative estimate of drug-likeness (QED) is 0.757. The van der Waals surface area contributed by atoms with E-state index in [2.05, 4.69) is 82.1 Å². The molecule has 0 saturated heterocycles. The van der Waals surface area contributed by atoms with Gasteiger partial charge in [-0.25, -0.2) is 9.50 Å². The van der Waals surface area contributed by atoms with Crippen LogP contribution in [0, 0.1) is 19.3 Å². The first-order chi connectivity index (χ1) is 11.5. The second-order valence-corrected chi connectivity index (χ2v) is 8.91. The second kappa shape index (κ2) is 5.90. The molecule has 0 bridgehead atoms. The van der Waals surface area contributed by atoms with Crippen LogP contribution in [0.4, 0.5) is 0 Å². The van der Waals surface area contributed by atoms with Crippen LogP contribution < -0.4 is 5.43 Å². The van der Waals surface area contributed by atoms with Crippen LogP contribution in [0.3, 0.4) is 0 Å². The van der Waals surface area contributed by atoms with Crippen molar-refractivity contribution in [2.75, 3.05) is 5.43 Å². The average molecular weight is 339 g/mol. The highest BCUT2D eigenvalue weighted by Crippen LogP contribution is 2.28. The van der Waals surface area contributed by atoms with E-state index in [0.717, 1.165) is 17.7 Å². The number of rotatable bonds is 4. The summed E-state index contributed by atoms with van der Waals surface area (Å²) in [6.07, 6.45) is 4.87. The molecule has 1 N–H and O–H groups in total. The number of nitrogens with one attached hydrogen (secondary N) is 1. The van der Waals surface area contributed by atoms with E-state index < -0.39 is 0 Å². The number of aromatic nitrogens is 4. The van der Waals surface area contributed by atoms with Gasteiger partial charge in [0.2, 0.25) is 0 Å². The lowest BCUT2D eigenvalue weighted by Crippen LogP contribution is -2.41. The molecule has 0 unspecified atom stereocenters. The number of fused-ring (bicyclic) bond motifs is 1. The lowest BCUT2D eigenvalue weighted by Gasteiger charge is -2.34. The predicted octanol–water partition coefficient (Wildman–Crippen LogP) is 4.57. The molecule has 0 aliphatic rings. The van der Waals surface area contributed by atoms with Crippen molar-refractivity contribution in [1.29, 1.82) is 0 Å². The first-order valence-corrected chi connectivity index (χ1v) is 8.83. The molecule has 5 heteroatoms. The fourth-order valence-electron chi connectivity index (χ4n) is 3.76. The van der Waals surface area contributed by atoms with Crippen LogP contribution in [-0.2, 0) is 0 Å². The van der Waals surface area contributed by atoms with Gasteiger partial charge in [0.15, 0.2) is 0 Å². The van der Waals surface area contributed by atoms with Crippen molar-refractivity contribution in [3.05, 3.63) is 41.9 Å². The van der Waals surface area contributed by atoms with Gasteiger partial charge in [-0.2, -0.15) is 9.77 Å². The highest BCUT2D eigenvalue weighted by atomic mass is 15.6. The lowest BCUT2D eigenvalue weighted by molar-refractivity contribution is 0.283. The van der Waals surface area contributed by atoms with Crippen molar-refractivity contribution in [1.82, 2.24) is 19.3 Å². The Hall–Kier alpha value is -2.30. The zero-order valence-electron chi connectivity index (χ0n) is 16.4. The summed E-state index contributed by atoms with van der Waals surface area (Å²) in [6.45, 7) is 15.4. The summed E-state index contributed by atoms with van der Waals surface area (Å²) >= 11 is 0. The standard InChI is InChI=1S/C20H29N5/c1-14-8-9-16(15(2)10-14)17-11-24-18(22-17)21-13-25(24)23-20(6,7)12-19(3,4)5/h8-11,13,23H,12H2,1-7H3. The van der Waals surface area contributed by atoms with Crippen molar-refractivity contribution >= 4 is 5.78 Å². The summed E-state index contributed by atoms with van der Waals surface area (Å²) in [5.74, 6) is 0.703. The number of hydrogen-bond donors (Lipinski definition) is 1. The lowest BCUT2D eigenvalue weighted by atomic mass is 9.82. The van der Waals surface area contributed by atoms with Crippen LogP contribution in [0.25, 0.3) is 17.0 Å². The maximum atomic E-state index is 4.69. The molecule has 0 saturated carbocycles. The van der Waals surface area contributed by atoms with Gasteiger partial charge in [-0.1, -0.05) is 44.5 Å². The highest BCUT2D eigenvalue weighted by molar-refractivity contribution is 5.65. The zero-order chi connectivity index (χ0) is 18.4. The predicted molar refractivity (Wildman–Crippen MR) is 103 cm³/mol. The second-order valence-electron chi connectivity index (χ2n) is 8.91. The van der Waals surface area contributed by atoms with E-state index in [-0.39, 0.29) is 11.0 Å². The Balaban J connectivity index is 1.93. The molecule has 5 nitrogen and oxygen atoms in total. The summed E-state index contributed by atoms with van der Waals surface area (Å²) in [4.78, 5) is 11.1. The molecule has 0 spiro atoms. The first kappa shape index (κ1) is 17.5. The normalized spacial score (nSPS) is 12.8. The molecule has 2 heterocycles. The van der Waals surface area contributed by atoms with Crippen LogP contribution in [0.5, 0.6) is 0 Å². The topological polar surface area (TPSA) is 47.1 Å². The number of hydrogen-bond acceptors (Lipinski definition) is 3. The van der Waals surface area contributed by atoms with E-state index in [9.17, 15) is 0 Å². The van der Waals surface area contributed by atoms with Crippen molar-refractivity contribution in [3.63, 3.8) is 0 Å². The summed E-state index contributed by atoms with van der Waals surface area (Å²) in [5, 5.41) is 0. The van der Waals surface area contributed by atoms with Crippen molar-refractivity contribution in [2.45, 2.75) is 60.4 Å². The molecule has 0 aliphatic carbocycles. The average Bonchev–Trinajstić information content (AvgIpc) is 2.98. The minimum absolute atomic E-state index is 0.0594. The zero-order valence-corrected chi connectivity index (χ0v) is 16.4. The van der Waals surface area contributed by atoms with Gasteiger partial charge in [0, 0.05) is 11.1 Å². The molecule has 0 fully saturated rings. The molecule has 0 aliphatic heterocycles.